The van der Waals surface area contributed by atoms with Crippen LogP contribution in [0.1, 0.15) is 218 Å². The standard InChI is InChI=1S/C54H80N2/c1-5-9-13-14-15-16-17-18-19-20-21-22-23-24-25-26-27-28-29-30-31-32-33-34-35-36-48-54(56-52-47-40-38-44-50(52)42-11-7-3)53(45-12-8-4)55-51-46-39-37-43-49(51)41-10-6-2/h2-3,37-40,43-44,46-47H,5,8-35,41-42,45H2,1,4H3. The highest BCUT2D eigenvalue weighted by Crippen LogP contribution is 2.25. The van der Waals surface area contributed by atoms with Crippen molar-refractivity contribution in [3.05, 3.63) is 59.7 Å². The summed E-state index contributed by atoms with van der Waals surface area (Å²) in [5.41, 5.74) is 5.96. The van der Waals surface area contributed by atoms with Crippen molar-refractivity contribution in [2.24, 2.45) is 9.98 Å². The van der Waals surface area contributed by atoms with Gasteiger partial charge < -0.3 is 0 Å². The molecule has 0 saturated heterocycles. The first-order chi connectivity index (χ1) is 27.7. The second kappa shape index (κ2) is 35.8. The minimum absolute atomic E-state index is 0.687. The fourth-order valence-corrected chi connectivity index (χ4v) is 7.40. The van der Waals surface area contributed by atoms with Crippen molar-refractivity contribution in [1.29, 1.82) is 0 Å². The van der Waals surface area contributed by atoms with Crippen molar-refractivity contribution in [2.75, 3.05) is 0 Å². The van der Waals surface area contributed by atoms with Crippen LogP contribution in [0.15, 0.2) is 58.5 Å². The highest BCUT2D eigenvalue weighted by atomic mass is 14.8. The average molecular weight is 757 g/mol. The van der Waals surface area contributed by atoms with E-state index in [-0.39, 0.29) is 0 Å². The van der Waals surface area contributed by atoms with Crippen LogP contribution in [0.5, 0.6) is 0 Å². The summed E-state index contributed by atoms with van der Waals surface area (Å²) >= 11 is 0. The Labute approximate surface area is 347 Å². The van der Waals surface area contributed by atoms with Gasteiger partial charge in [0.25, 0.3) is 0 Å². The second-order valence-electron chi connectivity index (χ2n) is 16.0. The first kappa shape index (κ1) is 48.6. The lowest BCUT2D eigenvalue weighted by molar-refractivity contribution is 0.517. The summed E-state index contributed by atoms with van der Waals surface area (Å²) in [5.74, 6) is 12.6. The highest BCUT2D eigenvalue weighted by Gasteiger charge is 2.11. The van der Waals surface area contributed by atoms with E-state index >= 15 is 0 Å². The van der Waals surface area contributed by atoms with Gasteiger partial charge in [0.2, 0.25) is 0 Å². The molecule has 0 unspecified atom stereocenters. The van der Waals surface area contributed by atoms with Gasteiger partial charge in [-0.05, 0) is 61.3 Å². The summed E-state index contributed by atoms with van der Waals surface area (Å²) in [5, 5.41) is 0. The van der Waals surface area contributed by atoms with Gasteiger partial charge in [0, 0.05) is 19.3 Å². The first-order valence-corrected chi connectivity index (χ1v) is 23.4. The lowest BCUT2D eigenvalue weighted by Gasteiger charge is -2.10. The van der Waals surface area contributed by atoms with Crippen molar-refractivity contribution >= 4 is 22.8 Å². The van der Waals surface area contributed by atoms with Gasteiger partial charge in [-0.3, -0.25) is 4.99 Å². The Morgan fingerprint density at radius 1 is 0.446 bits per heavy atom. The number of hydrogen-bond acceptors (Lipinski definition) is 2. The van der Waals surface area contributed by atoms with E-state index in [9.17, 15) is 0 Å². The quantitative estimate of drug-likeness (QED) is 0.0386. The molecule has 2 aromatic carbocycles. The molecule has 56 heavy (non-hydrogen) atoms. The normalized spacial score (nSPS) is 11.6. The van der Waals surface area contributed by atoms with Crippen molar-refractivity contribution < 1.29 is 0 Å². The van der Waals surface area contributed by atoms with E-state index in [1.54, 1.807) is 0 Å². The second-order valence-corrected chi connectivity index (χ2v) is 16.0. The molecule has 0 radical (unpaired) electrons. The van der Waals surface area contributed by atoms with Crippen LogP contribution in [0.4, 0.5) is 11.4 Å². The highest BCUT2D eigenvalue weighted by molar-refractivity contribution is 6.49. The van der Waals surface area contributed by atoms with E-state index in [0.717, 1.165) is 73.3 Å². The average Bonchev–Trinajstić information content (AvgIpc) is 3.22. The molecule has 0 aliphatic carbocycles. The van der Waals surface area contributed by atoms with Gasteiger partial charge in [0.05, 0.1) is 17.1 Å². The molecule has 0 N–H and O–H groups in total. The third kappa shape index (κ3) is 24.9. The monoisotopic (exact) mass is 757 g/mol. The van der Waals surface area contributed by atoms with Crippen LogP contribution in [0, 0.1) is 36.5 Å². The minimum Gasteiger partial charge on any atom is -0.250 e. The van der Waals surface area contributed by atoms with Gasteiger partial charge in [-0.1, -0.05) is 210 Å². The fourth-order valence-electron chi connectivity index (χ4n) is 7.40. The van der Waals surface area contributed by atoms with Gasteiger partial charge >= 0.3 is 0 Å². The van der Waals surface area contributed by atoms with Crippen LogP contribution in [-0.4, -0.2) is 11.4 Å². The Bertz CT molecular complexity index is 1470. The Kier molecular flexibility index (Phi) is 31.1. The molecule has 0 bridgehead atoms. The van der Waals surface area contributed by atoms with Gasteiger partial charge in [0.1, 0.15) is 5.71 Å². The van der Waals surface area contributed by atoms with Crippen LogP contribution < -0.4 is 0 Å². The van der Waals surface area contributed by atoms with E-state index in [2.05, 4.69) is 80.0 Å². The summed E-state index contributed by atoms with van der Waals surface area (Å²) < 4.78 is 0. The Morgan fingerprint density at radius 3 is 1.23 bits per heavy atom. The van der Waals surface area contributed by atoms with Crippen molar-refractivity contribution in [2.45, 2.75) is 219 Å². The van der Waals surface area contributed by atoms with E-state index in [1.165, 1.54) is 153 Å². The summed E-state index contributed by atoms with van der Waals surface area (Å²) in [6.45, 7) is 4.52. The minimum atomic E-state index is 0.687. The predicted molar refractivity (Wildman–Crippen MR) is 250 cm³/mol. The van der Waals surface area contributed by atoms with Crippen molar-refractivity contribution in [1.82, 2.24) is 0 Å². The number of nitrogens with zero attached hydrogens (tertiary/aromatic N) is 2. The lowest BCUT2D eigenvalue weighted by atomic mass is 10.0. The van der Waals surface area contributed by atoms with E-state index in [4.69, 9.17) is 22.8 Å². The molecule has 2 rings (SSSR count). The number of terminal acetylenes is 2. The van der Waals surface area contributed by atoms with Gasteiger partial charge in [-0.25, -0.2) is 4.99 Å². The predicted octanol–water partition coefficient (Wildman–Crippen LogP) is 16.6. The van der Waals surface area contributed by atoms with Gasteiger partial charge in [-0.2, -0.15) is 0 Å². The number of aliphatic imine (C=N–C) groups is 2. The zero-order valence-electron chi connectivity index (χ0n) is 36.3. The summed E-state index contributed by atoms with van der Waals surface area (Å²) in [4.78, 5) is 10.4. The SMILES string of the molecule is C#CCCc1ccccc1N=C(C#CCCCCCCCCCCCCCCCCCCCCCCCCCC)C(CCCC)=Nc1ccccc1CCC#C. The molecule has 0 fully saturated rings. The largest absolute Gasteiger partial charge is 0.250 e. The zero-order chi connectivity index (χ0) is 40.0. The number of benzene rings is 2. The summed E-state index contributed by atoms with van der Waals surface area (Å²) in [6, 6.07) is 16.6. The van der Waals surface area contributed by atoms with Crippen molar-refractivity contribution in [3.63, 3.8) is 0 Å². The van der Waals surface area contributed by atoms with E-state index in [0.29, 0.717) is 12.8 Å². The van der Waals surface area contributed by atoms with Gasteiger partial charge in [-0.15, -0.1) is 24.7 Å². The van der Waals surface area contributed by atoms with Crippen LogP contribution in [-0.2, 0) is 12.8 Å². The van der Waals surface area contributed by atoms with Crippen LogP contribution >= 0.6 is 0 Å². The Morgan fingerprint density at radius 2 is 0.821 bits per heavy atom. The number of unbranched alkanes of at least 4 members (excludes halogenated alkanes) is 25. The smallest absolute Gasteiger partial charge is 0.135 e. The van der Waals surface area contributed by atoms with Crippen LogP contribution in [0.3, 0.4) is 0 Å². The molecule has 0 aromatic heterocycles. The Balaban J connectivity index is 1.73. The topological polar surface area (TPSA) is 24.7 Å². The molecule has 0 spiro atoms. The third-order valence-electron chi connectivity index (χ3n) is 11.0. The molecular formula is C54H80N2. The Hall–Kier alpha value is -3.54. The molecule has 0 amide bonds. The fraction of sp³-hybridized carbons (Fsp3) is 0.630. The van der Waals surface area contributed by atoms with Crippen LogP contribution in [0.25, 0.3) is 0 Å². The number of hydrogen-bond donors (Lipinski definition) is 0. The molecule has 0 saturated carbocycles. The molecule has 2 aromatic rings. The summed E-state index contributed by atoms with van der Waals surface area (Å²) in [6.07, 6.45) is 51.9. The molecule has 306 valence electrons. The molecular weight excluding hydrogens is 677 g/mol. The lowest BCUT2D eigenvalue weighted by Crippen LogP contribution is -2.13. The molecule has 0 heterocycles. The zero-order valence-corrected chi connectivity index (χ0v) is 36.3. The number of aryl methyl sites for hydroxylation is 2. The first-order valence-electron chi connectivity index (χ1n) is 23.4. The molecule has 2 nitrogen and oxygen atoms in total. The molecule has 0 aliphatic rings. The maximum atomic E-state index is 5.63. The van der Waals surface area contributed by atoms with Crippen LogP contribution in [0.2, 0.25) is 0 Å². The van der Waals surface area contributed by atoms with E-state index < -0.39 is 0 Å². The summed E-state index contributed by atoms with van der Waals surface area (Å²) in [7, 11) is 0. The maximum Gasteiger partial charge on any atom is 0.135 e. The van der Waals surface area contributed by atoms with E-state index in [1.807, 2.05) is 6.07 Å². The third-order valence-corrected chi connectivity index (χ3v) is 11.0. The molecule has 0 aliphatic heterocycles. The van der Waals surface area contributed by atoms with Crippen molar-refractivity contribution in [3.8, 4) is 36.5 Å². The maximum absolute atomic E-state index is 5.63. The number of para-hydroxylation sites is 2. The molecule has 2 heteroatoms. The van der Waals surface area contributed by atoms with Gasteiger partial charge in [0.15, 0.2) is 0 Å². The number of rotatable bonds is 34. The molecule has 0 atom stereocenters.